The summed E-state index contributed by atoms with van der Waals surface area (Å²) in [4.78, 5) is 2.09. The van der Waals surface area contributed by atoms with E-state index in [4.69, 9.17) is 5.73 Å². The molecule has 0 saturated carbocycles. The Kier molecular flexibility index (Phi) is 5.26. The van der Waals surface area contributed by atoms with Gasteiger partial charge in [-0.15, -0.1) is 0 Å². The largest absolute Gasteiger partial charge is 0.375 e. The van der Waals surface area contributed by atoms with Gasteiger partial charge in [0.25, 0.3) is 0 Å². The Morgan fingerprint density at radius 3 is 2.69 bits per heavy atom. The van der Waals surface area contributed by atoms with Gasteiger partial charge in [0.15, 0.2) is 0 Å². The quantitative estimate of drug-likeness (QED) is 0.804. The van der Waals surface area contributed by atoms with Crippen LogP contribution >= 0.6 is 0 Å². The lowest BCUT2D eigenvalue weighted by atomic mass is 10.1. The summed E-state index contributed by atoms with van der Waals surface area (Å²) >= 11 is 0. The molecule has 2 N–H and O–H groups in total. The molecule has 2 nitrogen and oxygen atoms in total. The van der Waals surface area contributed by atoms with Crippen molar-refractivity contribution in [1.29, 1.82) is 0 Å². The zero-order valence-electron chi connectivity index (χ0n) is 10.2. The van der Waals surface area contributed by atoms with Gasteiger partial charge in [-0.25, -0.2) is 4.39 Å². The first kappa shape index (κ1) is 13.0. The van der Waals surface area contributed by atoms with E-state index in [9.17, 15) is 4.39 Å². The summed E-state index contributed by atoms with van der Waals surface area (Å²) in [7, 11) is 2.00. The molecule has 1 aromatic carbocycles. The molecule has 0 amide bonds. The molecule has 0 fully saturated rings. The van der Waals surface area contributed by atoms with E-state index in [0.29, 0.717) is 6.54 Å². The number of halogens is 1. The van der Waals surface area contributed by atoms with Crippen molar-refractivity contribution < 1.29 is 4.39 Å². The van der Waals surface area contributed by atoms with Gasteiger partial charge >= 0.3 is 0 Å². The van der Waals surface area contributed by atoms with Gasteiger partial charge in [-0.3, -0.25) is 0 Å². The molecule has 1 aromatic rings. The monoisotopic (exact) mass is 224 g/mol. The smallest absolute Gasteiger partial charge is 0.125 e. The van der Waals surface area contributed by atoms with Gasteiger partial charge in [0.05, 0.1) is 0 Å². The van der Waals surface area contributed by atoms with Crippen molar-refractivity contribution in [2.24, 2.45) is 5.73 Å². The van der Waals surface area contributed by atoms with Crippen LogP contribution in [0.1, 0.15) is 25.3 Å². The van der Waals surface area contributed by atoms with Crippen LogP contribution in [0.15, 0.2) is 18.2 Å². The summed E-state index contributed by atoms with van der Waals surface area (Å²) in [6.45, 7) is 3.67. The average Bonchev–Trinajstić information content (AvgIpc) is 2.25. The van der Waals surface area contributed by atoms with Gasteiger partial charge in [-0.2, -0.15) is 0 Å². The van der Waals surface area contributed by atoms with Crippen molar-refractivity contribution in [2.45, 2.75) is 26.2 Å². The van der Waals surface area contributed by atoms with E-state index in [1.807, 2.05) is 13.1 Å². The highest BCUT2D eigenvalue weighted by atomic mass is 19.1. The molecular formula is C13H21FN2. The van der Waals surface area contributed by atoms with Crippen LogP contribution in [-0.2, 0) is 6.42 Å². The molecule has 0 saturated heterocycles. The Labute approximate surface area is 97.3 Å². The van der Waals surface area contributed by atoms with Crippen molar-refractivity contribution in [1.82, 2.24) is 0 Å². The normalized spacial score (nSPS) is 10.5. The molecule has 0 aliphatic carbocycles. The van der Waals surface area contributed by atoms with Crippen molar-refractivity contribution in [3.05, 3.63) is 29.6 Å². The predicted molar refractivity (Wildman–Crippen MR) is 67.3 cm³/mol. The van der Waals surface area contributed by atoms with E-state index >= 15 is 0 Å². The van der Waals surface area contributed by atoms with E-state index in [1.165, 1.54) is 0 Å². The minimum Gasteiger partial charge on any atom is -0.375 e. The van der Waals surface area contributed by atoms with Crippen LogP contribution in [-0.4, -0.2) is 20.1 Å². The molecule has 1 rings (SSSR count). The first-order chi connectivity index (χ1) is 7.67. The fraction of sp³-hybridized carbons (Fsp3) is 0.538. The van der Waals surface area contributed by atoms with Crippen LogP contribution in [0.2, 0.25) is 0 Å². The first-order valence-corrected chi connectivity index (χ1v) is 5.88. The van der Waals surface area contributed by atoms with Gasteiger partial charge in [0, 0.05) is 19.3 Å². The van der Waals surface area contributed by atoms with Gasteiger partial charge in [-0.1, -0.05) is 13.3 Å². The van der Waals surface area contributed by atoms with Gasteiger partial charge in [0.2, 0.25) is 0 Å². The van der Waals surface area contributed by atoms with E-state index in [1.54, 1.807) is 12.1 Å². The average molecular weight is 224 g/mol. The summed E-state index contributed by atoms with van der Waals surface area (Å²) in [5.41, 5.74) is 7.40. The molecule has 16 heavy (non-hydrogen) atoms. The lowest BCUT2D eigenvalue weighted by molar-refractivity contribution is 0.624. The SMILES string of the molecule is CCCCN(C)c1cc(F)cc(CCN)c1. The number of rotatable bonds is 6. The number of nitrogens with zero attached hydrogens (tertiary/aromatic N) is 1. The maximum atomic E-state index is 13.4. The molecule has 3 heteroatoms. The number of nitrogens with two attached hydrogens (primary N) is 1. The molecule has 0 unspecified atom stereocenters. The second-order valence-electron chi connectivity index (χ2n) is 4.13. The minimum absolute atomic E-state index is 0.177. The lowest BCUT2D eigenvalue weighted by Gasteiger charge is -2.19. The standard InChI is InChI=1S/C13H21FN2/c1-3-4-7-16(2)13-9-11(5-6-15)8-12(14)10-13/h8-10H,3-7,15H2,1-2H3. The third-order valence-corrected chi connectivity index (χ3v) is 2.66. The zero-order chi connectivity index (χ0) is 12.0. The van der Waals surface area contributed by atoms with Crippen LogP contribution in [0.25, 0.3) is 0 Å². The van der Waals surface area contributed by atoms with Crippen molar-refractivity contribution in [3.63, 3.8) is 0 Å². The Balaban J connectivity index is 2.78. The summed E-state index contributed by atoms with van der Waals surface area (Å²) in [5.74, 6) is -0.177. The number of benzene rings is 1. The molecule has 0 radical (unpaired) electrons. The molecule has 0 aromatic heterocycles. The predicted octanol–water partition coefficient (Wildman–Crippen LogP) is 2.56. The van der Waals surface area contributed by atoms with Crippen LogP contribution in [0.4, 0.5) is 10.1 Å². The van der Waals surface area contributed by atoms with Gasteiger partial charge < -0.3 is 10.6 Å². The maximum Gasteiger partial charge on any atom is 0.125 e. The minimum atomic E-state index is -0.177. The van der Waals surface area contributed by atoms with E-state index in [-0.39, 0.29) is 5.82 Å². The van der Waals surface area contributed by atoms with E-state index in [0.717, 1.165) is 37.1 Å². The van der Waals surface area contributed by atoms with Crippen molar-refractivity contribution in [2.75, 3.05) is 25.0 Å². The Morgan fingerprint density at radius 1 is 1.31 bits per heavy atom. The molecule has 0 bridgehead atoms. The van der Waals surface area contributed by atoms with Gasteiger partial charge in [-0.05, 0) is 43.1 Å². The molecular weight excluding hydrogens is 203 g/mol. The number of anilines is 1. The zero-order valence-corrected chi connectivity index (χ0v) is 10.2. The third-order valence-electron chi connectivity index (χ3n) is 2.66. The Bertz CT molecular complexity index is 326. The fourth-order valence-corrected chi connectivity index (χ4v) is 1.69. The molecule has 90 valence electrons. The third kappa shape index (κ3) is 3.81. The number of hydrogen-bond acceptors (Lipinski definition) is 2. The molecule has 0 heterocycles. The van der Waals surface area contributed by atoms with Crippen LogP contribution < -0.4 is 10.6 Å². The first-order valence-electron chi connectivity index (χ1n) is 5.88. The summed E-state index contributed by atoms with van der Waals surface area (Å²) in [5, 5.41) is 0. The topological polar surface area (TPSA) is 29.3 Å². The Morgan fingerprint density at radius 2 is 2.06 bits per heavy atom. The number of hydrogen-bond donors (Lipinski definition) is 1. The van der Waals surface area contributed by atoms with Crippen LogP contribution in [0.3, 0.4) is 0 Å². The number of unbranched alkanes of at least 4 members (excludes halogenated alkanes) is 1. The van der Waals surface area contributed by atoms with E-state index < -0.39 is 0 Å². The molecule has 0 atom stereocenters. The van der Waals surface area contributed by atoms with Crippen LogP contribution in [0.5, 0.6) is 0 Å². The summed E-state index contributed by atoms with van der Waals surface area (Å²) < 4.78 is 13.4. The summed E-state index contributed by atoms with van der Waals surface area (Å²) in [6, 6.07) is 5.16. The molecule has 0 spiro atoms. The maximum absolute atomic E-state index is 13.4. The van der Waals surface area contributed by atoms with Gasteiger partial charge in [0.1, 0.15) is 5.82 Å². The Hall–Kier alpha value is -1.09. The highest BCUT2D eigenvalue weighted by Crippen LogP contribution is 2.18. The lowest BCUT2D eigenvalue weighted by Crippen LogP contribution is -2.18. The molecule has 0 aliphatic heterocycles. The second kappa shape index (κ2) is 6.48. The summed E-state index contributed by atoms with van der Waals surface area (Å²) in [6.07, 6.45) is 3.00. The van der Waals surface area contributed by atoms with E-state index in [2.05, 4.69) is 11.8 Å². The highest BCUT2D eigenvalue weighted by molar-refractivity contribution is 5.48. The van der Waals surface area contributed by atoms with Crippen molar-refractivity contribution in [3.8, 4) is 0 Å². The molecule has 0 aliphatic rings. The van der Waals surface area contributed by atoms with Crippen LogP contribution in [0, 0.1) is 5.82 Å². The highest BCUT2D eigenvalue weighted by Gasteiger charge is 2.04. The second-order valence-corrected chi connectivity index (χ2v) is 4.13. The fourth-order valence-electron chi connectivity index (χ4n) is 1.69. The van der Waals surface area contributed by atoms with Crippen molar-refractivity contribution >= 4 is 5.69 Å².